The summed E-state index contributed by atoms with van der Waals surface area (Å²) in [6.07, 6.45) is 2.98. The van der Waals surface area contributed by atoms with Crippen molar-refractivity contribution in [3.05, 3.63) is 30.9 Å². The first-order valence-electron chi connectivity index (χ1n) is 7.46. The van der Waals surface area contributed by atoms with E-state index >= 15 is 0 Å². The van der Waals surface area contributed by atoms with Gasteiger partial charge in [-0.1, -0.05) is 11.8 Å². The van der Waals surface area contributed by atoms with Gasteiger partial charge in [-0.2, -0.15) is 0 Å². The van der Waals surface area contributed by atoms with Gasteiger partial charge in [-0.15, -0.1) is 0 Å². The van der Waals surface area contributed by atoms with Crippen LogP contribution in [0.1, 0.15) is 6.92 Å². The maximum atomic E-state index is 12.6. The van der Waals surface area contributed by atoms with E-state index in [4.69, 9.17) is 9.47 Å². The summed E-state index contributed by atoms with van der Waals surface area (Å²) >= 11 is 1.32. The lowest BCUT2D eigenvalue weighted by Crippen LogP contribution is -2.23. The lowest BCUT2D eigenvalue weighted by atomic mass is 10.2. The van der Waals surface area contributed by atoms with Crippen LogP contribution in [0.2, 0.25) is 0 Å². The number of nitrogens with one attached hydrogen (secondary N) is 2. The summed E-state index contributed by atoms with van der Waals surface area (Å²) < 4.78 is 10.5. The van der Waals surface area contributed by atoms with E-state index in [1.54, 1.807) is 45.7 Å². The van der Waals surface area contributed by atoms with Gasteiger partial charge in [0.1, 0.15) is 28.4 Å². The van der Waals surface area contributed by atoms with Crippen molar-refractivity contribution in [2.45, 2.75) is 17.2 Å². The average molecular weight is 359 g/mol. The second-order valence-electron chi connectivity index (χ2n) is 5.10. The van der Waals surface area contributed by atoms with Gasteiger partial charge in [0, 0.05) is 6.07 Å². The number of hydrogen-bond acceptors (Lipinski definition) is 7. The maximum Gasteiger partial charge on any atom is 0.237 e. The Morgan fingerprint density at radius 1 is 1.24 bits per heavy atom. The summed E-state index contributed by atoms with van der Waals surface area (Å²) in [5.41, 5.74) is 1.83. The summed E-state index contributed by atoms with van der Waals surface area (Å²) in [6, 6.07) is 5.22. The molecule has 3 rings (SSSR count). The number of H-pyrrole nitrogens is 1. The highest BCUT2D eigenvalue weighted by Crippen LogP contribution is 2.31. The molecule has 1 aromatic carbocycles. The lowest BCUT2D eigenvalue weighted by Gasteiger charge is -2.15. The Morgan fingerprint density at radius 3 is 2.84 bits per heavy atom. The summed E-state index contributed by atoms with van der Waals surface area (Å²) in [4.78, 5) is 27.9. The van der Waals surface area contributed by atoms with Crippen molar-refractivity contribution >= 4 is 34.5 Å². The Kier molecular flexibility index (Phi) is 5.03. The fourth-order valence-corrected chi connectivity index (χ4v) is 3.08. The van der Waals surface area contributed by atoms with Gasteiger partial charge in [0.15, 0.2) is 5.65 Å². The molecular weight excluding hydrogens is 342 g/mol. The van der Waals surface area contributed by atoms with Crippen molar-refractivity contribution < 1.29 is 14.3 Å². The predicted octanol–water partition coefficient (Wildman–Crippen LogP) is 2.49. The molecule has 0 saturated heterocycles. The quantitative estimate of drug-likeness (QED) is 0.515. The molecule has 0 aliphatic heterocycles. The fraction of sp³-hybridized carbons (Fsp3) is 0.250. The minimum Gasteiger partial charge on any atom is -0.497 e. The van der Waals surface area contributed by atoms with Crippen LogP contribution in [0, 0.1) is 0 Å². The molecule has 2 heterocycles. The molecule has 1 atom stereocenters. The molecule has 0 aliphatic carbocycles. The number of benzene rings is 1. The van der Waals surface area contributed by atoms with Gasteiger partial charge in [-0.3, -0.25) is 4.79 Å². The van der Waals surface area contributed by atoms with Crippen LogP contribution in [0.25, 0.3) is 11.2 Å². The van der Waals surface area contributed by atoms with Gasteiger partial charge in [0.25, 0.3) is 0 Å². The van der Waals surface area contributed by atoms with E-state index in [-0.39, 0.29) is 5.91 Å². The highest BCUT2D eigenvalue weighted by Gasteiger charge is 2.19. The minimum atomic E-state index is -0.391. The Balaban J connectivity index is 1.76. The van der Waals surface area contributed by atoms with Gasteiger partial charge in [-0.05, 0) is 19.1 Å². The van der Waals surface area contributed by atoms with E-state index in [0.29, 0.717) is 33.4 Å². The van der Waals surface area contributed by atoms with Crippen molar-refractivity contribution in [2.24, 2.45) is 0 Å². The second-order valence-corrected chi connectivity index (χ2v) is 6.43. The predicted molar refractivity (Wildman–Crippen MR) is 95.2 cm³/mol. The van der Waals surface area contributed by atoms with E-state index in [0.717, 1.165) is 0 Å². The SMILES string of the molecule is COc1ccc(OC)c(NC(=O)[C@H](C)Sc2ncnc3nc[nH]c23)c1. The van der Waals surface area contributed by atoms with Gasteiger partial charge < -0.3 is 19.8 Å². The van der Waals surface area contributed by atoms with Crippen molar-refractivity contribution in [3.8, 4) is 11.5 Å². The van der Waals surface area contributed by atoms with Crippen LogP contribution in [0.15, 0.2) is 35.9 Å². The molecule has 0 aliphatic rings. The number of methoxy groups -OCH3 is 2. The molecule has 8 nitrogen and oxygen atoms in total. The maximum absolute atomic E-state index is 12.6. The van der Waals surface area contributed by atoms with Gasteiger partial charge >= 0.3 is 0 Å². The molecule has 0 fully saturated rings. The Hall–Kier alpha value is -2.81. The zero-order valence-corrected chi connectivity index (χ0v) is 14.8. The number of imidazole rings is 1. The number of fused-ring (bicyclic) bond motifs is 1. The Bertz CT molecular complexity index is 898. The van der Waals surface area contributed by atoms with Crippen LogP contribution in [0.3, 0.4) is 0 Å². The third-order valence-corrected chi connectivity index (χ3v) is 4.61. The smallest absolute Gasteiger partial charge is 0.237 e. The van der Waals surface area contributed by atoms with Gasteiger partial charge in [-0.25, -0.2) is 15.0 Å². The van der Waals surface area contributed by atoms with Crippen molar-refractivity contribution in [2.75, 3.05) is 19.5 Å². The number of anilines is 1. The third-order valence-electron chi connectivity index (χ3n) is 3.51. The molecule has 9 heteroatoms. The van der Waals surface area contributed by atoms with E-state index in [1.807, 2.05) is 0 Å². The average Bonchev–Trinajstić information content (AvgIpc) is 3.11. The largest absolute Gasteiger partial charge is 0.497 e. The number of carbonyl (C=O) groups is 1. The van der Waals surface area contributed by atoms with E-state index in [2.05, 4.69) is 25.3 Å². The van der Waals surface area contributed by atoms with E-state index in [9.17, 15) is 4.79 Å². The monoisotopic (exact) mass is 359 g/mol. The molecule has 2 N–H and O–H groups in total. The molecule has 1 amide bonds. The first-order chi connectivity index (χ1) is 12.1. The normalized spacial score (nSPS) is 12.0. The molecule has 0 spiro atoms. The Morgan fingerprint density at radius 2 is 2.08 bits per heavy atom. The van der Waals surface area contributed by atoms with Crippen LogP contribution in [-0.2, 0) is 4.79 Å². The third kappa shape index (κ3) is 3.66. The second kappa shape index (κ2) is 7.39. The van der Waals surface area contributed by atoms with Crippen molar-refractivity contribution in [3.63, 3.8) is 0 Å². The highest BCUT2D eigenvalue weighted by molar-refractivity contribution is 8.00. The van der Waals surface area contributed by atoms with Crippen molar-refractivity contribution in [1.29, 1.82) is 0 Å². The number of thioether (sulfide) groups is 1. The van der Waals surface area contributed by atoms with Crippen LogP contribution in [0.4, 0.5) is 5.69 Å². The number of nitrogens with zero attached hydrogens (tertiary/aromatic N) is 3. The number of amides is 1. The van der Waals surface area contributed by atoms with E-state index < -0.39 is 5.25 Å². The molecule has 0 radical (unpaired) electrons. The zero-order valence-electron chi connectivity index (χ0n) is 13.9. The number of rotatable bonds is 6. The molecule has 0 unspecified atom stereocenters. The summed E-state index contributed by atoms with van der Waals surface area (Å²) in [5, 5.41) is 3.14. The molecular formula is C16H17N5O3S. The number of aromatic nitrogens is 4. The topological polar surface area (TPSA) is 102 Å². The van der Waals surface area contributed by atoms with Crippen LogP contribution in [-0.4, -0.2) is 45.3 Å². The van der Waals surface area contributed by atoms with Gasteiger partial charge in [0.2, 0.25) is 5.91 Å². The van der Waals surface area contributed by atoms with Crippen molar-refractivity contribution in [1.82, 2.24) is 19.9 Å². The lowest BCUT2D eigenvalue weighted by molar-refractivity contribution is -0.115. The first-order valence-corrected chi connectivity index (χ1v) is 8.34. The molecule has 0 bridgehead atoms. The van der Waals surface area contributed by atoms with Crippen LogP contribution >= 0.6 is 11.8 Å². The van der Waals surface area contributed by atoms with Gasteiger partial charge in [0.05, 0.1) is 31.5 Å². The first kappa shape index (κ1) is 17.0. The minimum absolute atomic E-state index is 0.178. The fourth-order valence-electron chi connectivity index (χ4n) is 2.20. The number of hydrogen-bond donors (Lipinski definition) is 2. The number of ether oxygens (including phenoxy) is 2. The van der Waals surface area contributed by atoms with E-state index in [1.165, 1.54) is 18.1 Å². The summed E-state index contributed by atoms with van der Waals surface area (Å²) in [6.45, 7) is 1.80. The zero-order chi connectivity index (χ0) is 17.8. The molecule has 25 heavy (non-hydrogen) atoms. The molecule has 3 aromatic rings. The summed E-state index contributed by atoms with van der Waals surface area (Å²) in [5.74, 6) is 1.01. The number of carbonyl (C=O) groups excluding carboxylic acids is 1. The molecule has 130 valence electrons. The Labute approximate surface area is 148 Å². The summed E-state index contributed by atoms with van der Waals surface area (Å²) in [7, 11) is 3.11. The van der Waals surface area contributed by atoms with Crippen LogP contribution < -0.4 is 14.8 Å². The van der Waals surface area contributed by atoms with Crippen LogP contribution in [0.5, 0.6) is 11.5 Å². The molecule has 2 aromatic heterocycles. The standard InChI is InChI=1S/C16H17N5O3S/c1-9(25-16-13-14(18-7-17-13)19-8-20-16)15(22)21-11-6-10(23-2)4-5-12(11)24-3/h4-9H,1-3H3,(H,21,22)(H,17,18,19,20)/t9-/m0/s1. The highest BCUT2D eigenvalue weighted by atomic mass is 32.2. The number of aromatic amines is 1. The molecule has 0 saturated carbocycles.